The van der Waals surface area contributed by atoms with Crippen LogP contribution in [-0.2, 0) is 9.59 Å². The molecule has 25 heavy (non-hydrogen) atoms. The summed E-state index contributed by atoms with van der Waals surface area (Å²) in [5.74, 6) is 1.92. The number of amides is 2. The van der Waals surface area contributed by atoms with E-state index in [2.05, 4.69) is 0 Å². The molecule has 1 unspecified atom stereocenters. The normalized spacial score (nSPS) is 23.2. The molecule has 2 amide bonds. The number of hydrogen-bond donors (Lipinski definition) is 0. The Hall–Kier alpha value is -2.24. The van der Waals surface area contributed by atoms with E-state index in [9.17, 15) is 9.59 Å². The molecular weight excluding hydrogens is 320 g/mol. The summed E-state index contributed by atoms with van der Waals surface area (Å²) in [7, 11) is 0. The maximum atomic E-state index is 13.1. The molecule has 0 radical (unpaired) electrons. The summed E-state index contributed by atoms with van der Waals surface area (Å²) in [6.45, 7) is 4.05. The number of fused-ring (bicyclic) bond motifs is 1. The highest BCUT2D eigenvalue weighted by Crippen LogP contribution is 2.39. The standard InChI is InChI=1S/C19H24N2O4/c1-13(22)20-9-6-14(7-10-20)19(23)21-8-2-3-16(21)15-4-5-17-18(11-15)25-12-24-17/h4-5,11,14,16H,2-3,6-10,12H2,1H3. The van der Waals surface area contributed by atoms with Crippen molar-refractivity contribution in [3.05, 3.63) is 23.8 Å². The second-order valence-corrected chi connectivity index (χ2v) is 7.08. The SMILES string of the molecule is CC(=O)N1CCC(C(=O)N2CCCC2c2ccc3c(c2)OCO3)CC1. The summed E-state index contributed by atoms with van der Waals surface area (Å²) in [5, 5.41) is 0. The van der Waals surface area contributed by atoms with Gasteiger partial charge in [0.15, 0.2) is 11.5 Å². The molecule has 6 nitrogen and oxygen atoms in total. The van der Waals surface area contributed by atoms with E-state index in [1.165, 1.54) is 0 Å². The Balaban J connectivity index is 1.46. The van der Waals surface area contributed by atoms with Gasteiger partial charge in [0.2, 0.25) is 18.6 Å². The first-order valence-electron chi connectivity index (χ1n) is 9.09. The molecule has 3 aliphatic heterocycles. The van der Waals surface area contributed by atoms with E-state index >= 15 is 0 Å². The van der Waals surface area contributed by atoms with E-state index in [0.29, 0.717) is 13.1 Å². The average molecular weight is 344 g/mol. The molecule has 3 heterocycles. The quantitative estimate of drug-likeness (QED) is 0.826. The first-order chi connectivity index (χ1) is 12.1. The molecular formula is C19H24N2O4. The Morgan fingerprint density at radius 1 is 1.04 bits per heavy atom. The highest BCUT2D eigenvalue weighted by molar-refractivity contribution is 5.80. The van der Waals surface area contributed by atoms with Gasteiger partial charge in [0.1, 0.15) is 0 Å². The van der Waals surface area contributed by atoms with Crippen molar-refractivity contribution in [3.8, 4) is 11.5 Å². The smallest absolute Gasteiger partial charge is 0.231 e. The van der Waals surface area contributed by atoms with Crippen LogP contribution in [0.4, 0.5) is 0 Å². The number of benzene rings is 1. The van der Waals surface area contributed by atoms with E-state index in [1.54, 1.807) is 6.92 Å². The Morgan fingerprint density at radius 3 is 2.56 bits per heavy atom. The van der Waals surface area contributed by atoms with Crippen molar-refractivity contribution < 1.29 is 19.1 Å². The van der Waals surface area contributed by atoms with Crippen LogP contribution in [0.15, 0.2) is 18.2 Å². The molecule has 6 heteroatoms. The van der Waals surface area contributed by atoms with Crippen LogP contribution in [0.1, 0.15) is 44.2 Å². The van der Waals surface area contributed by atoms with Crippen molar-refractivity contribution in [3.63, 3.8) is 0 Å². The van der Waals surface area contributed by atoms with Gasteiger partial charge in [-0.25, -0.2) is 0 Å². The van der Waals surface area contributed by atoms with Crippen LogP contribution < -0.4 is 9.47 Å². The third-order valence-corrected chi connectivity index (χ3v) is 5.61. The number of piperidine rings is 1. The molecule has 0 aromatic heterocycles. The summed E-state index contributed by atoms with van der Waals surface area (Å²) in [6, 6.07) is 6.11. The van der Waals surface area contributed by atoms with Crippen LogP contribution in [0.25, 0.3) is 0 Å². The van der Waals surface area contributed by atoms with Crippen molar-refractivity contribution in [1.82, 2.24) is 9.80 Å². The molecule has 2 saturated heterocycles. The molecule has 1 atom stereocenters. The van der Waals surface area contributed by atoms with E-state index in [-0.39, 0.29) is 30.6 Å². The number of ether oxygens (including phenoxy) is 2. The monoisotopic (exact) mass is 344 g/mol. The minimum absolute atomic E-state index is 0.0326. The molecule has 0 bridgehead atoms. The minimum atomic E-state index is 0.0326. The van der Waals surface area contributed by atoms with Crippen LogP contribution in [0, 0.1) is 5.92 Å². The first-order valence-corrected chi connectivity index (χ1v) is 9.09. The van der Waals surface area contributed by atoms with Gasteiger partial charge < -0.3 is 19.3 Å². The van der Waals surface area contributed by atoms with Gasteiger partial charge in [0, 0.05) is 32.5 Å². The fourth-order valence-electron chi connectivity index (χ4n) is 4.17. The topological polar surface area (TPSA) is 59.1 Å². The molecule has 3 aliphatic rings. The van der Waals surface area contributed by atoms with Crippen LogP contribution in [0.3, 0.4) is 0 Å². The van der Waals surface area contributed by atoms with Crippen LogP contribution in [0.5, 0.6) is 11.5 Å². The van der Waals surface area contributed by atoms with Gasteiger partial charge in [-0.2, -0.15) is 0 Å². The Kier molecular flexibility index (Phi) is 4.27. The number of carbonyl (C=O) groups excluding carboxylic acids is 2. The van der Waals surface area contributed by atoms with Crippen molar-refractivity contribution in [2.75, 3.05) is 26.4 Å². The lowest BCUT2D eigenvalue weighted by Gasteiger charge is -2.34. The summed E-state index contributed by atoms with van der Waals surface area (Å²) in [6.07, 6.45) is 3.54. The maximum Gasteiger partial charge on any atom is 0.231 e. The van der Waals surface area contributed by atoms with E-state index in [0.717, 1.165) is 49.3 Å². The van der Waals surface area contributed by atoms with E-state index in [1.807, 2.05) is 28.0 Å². The average Bonchev–Trinajstić information content (AvgIpc) is 3.29. The molecule has 0 saturated carbocycles. The van der Waals surface area contributed by atoms with Gasteiger partial charge in [-0.1, -0.05) is 6.07 Å². The Morgan fingerprint density at radius 2 is 1.80 bits per heavy atom. The van der Waals surface area contributed by atoms with Gasteiger partial charge >= 0.3 is 0 Å². The largest absolute Gasteiger partial charge is 0.454 e. The van der Waals surface area contributed by atoms with Crippen molar-refractivity contribution in [2.24, 2.45) is 5.92 Å². The molecule has 134 valence electrons. The Labute approximate surface area is 147 Å². The lowest BCUT2D eigenvalue weighted by molar-refractivity contribution is -0.140. The second kappa shape index (κ2) is 6.58. The fourth-order valence-corrected chi connectivity index (χ4v) is 4.17. The number of rotatable bonds is 2. The lowest BCUT2D eigenvalue weighted by atomic mass is 9.94. The molecule has 1 aromatic carbocycles. The molecule has 4 rings (SSSR count). The second-order valence-electron chi connectivity index (χ2n) is 7.08. The van der Waals surface area contributed by atoms with Gasteiger partial charge in [-0.05, 0) is 43.4 Å². The zero-order valence-corrected chi connectivity index (χ0v) is 14.6. The van der Waals surface area contributed by atoms with Crippen molar-refractivity contribution >= 4 is 11.8 Å². The van der Waals surface area contributed by atoms with Crippen LogP contribution in [-0.4, -0.2) is 48.0 Å². The summed E-state index contributed by atoms with van der Waals surface area (Å²) in [4.78, 5) is 28.4. The highest BCUT2D eigenvalue weighted by Gasteiger charge is 2.36. The summed E-state index contributed by atoms with van der Waals surface area (Å²) < 4.78 is 10.9. The van der Waals surface area contributed by atoms with Gasteiger partial charge in [0.25, 0.3) is 0 Å². The zero-order chi connectivity index (χ0) is 17.4. The third-order valence-electron chi connectivity index (χ3n) is 5.61. The molecule has 0 spiro atoms. The van der Waals surface area contributed by atoms with E-state index in [4.69, 9.17) is 9.47 Å². The third kappa shape index (κ3) is 3.05. The predicted molar refractivity (Wildman–Crippen MR) is 91.2 cm³/mol. The summed E-state index contributed by atoms with van der Waals surface area (Å²) in [5.41, 5.74) is 1.12. The maximum absolute atomic E-state index is 13.1. The number of likely N-dealkylation sites (tertiary alicyclic amines) is 2. The van der Waals surface area contributed by atoms with E-state index < -0.39 is 0 Å². The molecule has 2 fully saturated rings. The van der Waals surface area contributed by atoms with Crippen molar-refractivity contribution in [1.29, 1.82) is 0 Å². The van der Waals surface area contributed by atoms with Gasteiger partial charge in [-0.15, -0.1) is 0 Å². The lowest BCUT2D eigenvalue weighted by Crippen LogP contribution is -2.43. The first kappa shape index (κ1) is 16.2. The molecule has 0 aliphatic carbocycles. The summed E-state index contributed by atoms with van der Waals surface area (Å²) >= 11 is 0. The minimum Gasteiger partial charge on any atom is -0.454 e. The van der Waals surface area contributed by atoms with Crippen LogP contribution >= 0.6 is 0 Å². The number of nitrogens with zero attached hydrogens (tertiary/aromatic N) is 2. The number of hydrogen-bond acceptors (Lipinski definition) is 4. The van der Waals surface area contributed by atoms with Gasteiger partial charge in [0.05, 0.1) is 6.04 Å². The van der Waals surface area contributed by atoms with Crippen molar-refractivity contribution in [2.45, 2.75) is 38.6 Å². The Bertz CT molecular complexity index is 682. The molecule has 1 aromatic rings. The number of carbonyl (C=O) groups is 2. The highest BCUT2D eigenvalue weighted by atomic mass is 16.7. The van der Waals surface area contributed by atoms with Gasteiger partial charge in [-0.3, -0.25) is 9.59 Å². The molecule has 0 N–H and O–H groups in total. The predicted octanol–water partition coefficient (Wildman–Crippen LogP) is 2.34. The van der Waals surface area contributed by atoms with Crippen LogP contribution in [0.2, 0.25) is 0 Å². The zero-order valence-electron chi connectivity index (χ0n) is 14.6. The fraction of sp³-hybridized carbons (Fsp3) is 0.579.